The second kappa shape index (κ2) is 6.05. The topological polar surface area (TPSA) is 42.4 Å². The summed E-state index contributed by atoms with van der Waals surface area (Å²) in [6, 6.07) is 8.88. The Morgan fingerprint density at radius 3 is 2.72 bits per heavy atom. The molecule has 0 saturated heterocycles. The van der Waals surface area contributed by atoms with E-state index < -0.39 is 0 Å². The van der Waals surface area contributed by atoms with Crippen molar-refractivity contribution in [2.24, 2.45) is 0 Å². The molecule has 0 bridgehead atoms. The van der Waals surface area contributed by atoms with Crippen LogP contribution in [0, 0.1) is 0 Å². The zero-order chi connectivity index (χ0) is 13.0. The van der Waals surface area contributed by atoms with Crippen LogP contribution in [0.2, 0.25) is 10.0 Å². The number of aliphatic hydroxyl groups is 1. The van der Waals surface area contributed by atoms with E-state index in [4.69, 9.17) is 33.0 Å². The summed E-state index contributed by atoms with van der Waals surface area (Å²) in [6.45, 7) is 0.158. The molecular formula is C13H11Cl2NO2. The van der Waals surface area contributed by atoms with Crippen molar-refractivity contribution in [2.45, 2.75) is 13.2 Å². The summed E-state index contributed by atoms with van der Waals surface area (Å²) in [5.41, 5.74) is 1.33. The number of rotatable bonds is 4. The van der Waals surface area contributed by atoms with Gasteiger partial charge in [-0.25, -0.2) is 0 Å². The van der Waals surface area contributed by atoms with E-state index in [1.165, 1.54) is 6.20 Å². The van der Waals surface area contributed by atoms with Gasteiger partial charge in [0, 0.05) is 11.8 Å². The van der Waals surface area contributed by atoms with Crippen molar-refractivity contribution in [3.05, 3.63) is 57.8 Å². The number of nitrogens with zero attached hydrogens (tertiary/aromatic N) is 1. The number of ether oxygens (including phenoxy) is 1. The van der Waals surface area contributed by atoms with Crippen LogP contribution in [0.25, 0.3) is 0 Å². The Morgan fingerprint density at radius 1 is 1.22 bits per heavy atom. The van der Waals surface area contributed by atoms with Crippen molar-refractivity contribution in [3.63, 3.8) is 0 Å². The van der Waals surface area contributed by atoms with Gasteiger partial charge in [0.25, 0.3) is 0 Å². The van der Waals surface area contributed by atoms with Crippen LogP contribution in [-0.4, -0.2) is 10.1 Å². The maximum atomic E-state index is 9.17. The van der Waals surface area contributed by atoms with Gasteiger partial charge in [-0.3, -0.25) is 4.98 Å². The summed E-state index contributed by atoms with van der Waals surface area (Å²) < 4.78 is 5.58. The van der Waals surface area contributed by atoms with Gasteiger partial charge in [0.05, 0.1) is 22.3 Å². The fourth-order valence-electron chi connectivity index (χ4n) is 1.47. The molecule has 1 heterocycles. The molecule has 0 aliphatic rings. The lowest BCUT2D eigenvalue weighted by Crippen LogP contribution is -2.01. The molecule has 0 unspecified atom stereocenters. The van der Waals surface area contributed by atoms with Crippen molar-refractivity contribution in [3.8, 4) is 5.75 Å². The first kappa shape index (κ1) is 13.1. The number of aromatic nitrogens is 1. The largest absolute Gasteiger partial charge is 0.487 e. The maximum absolute atomic E-state index is 9.17. The van der Waals surface area contributed by atoms with Crippen LogP contribution < -0.4 is 4.74 Å². The normalized spacial score (nSPS) is 10.4. The molecule has 0 radical (unpaired) electrons. The summed E-state index contributed by atoms with van der Waals surface area (Å²) in [6.07, 6.45) is 1.52. The number of halogens is 2. The van der Waals surface area contributed by atoms with E-state index in [1.807, 2.05) is 12.1 Å². The second-order valence-corrected chi connectivity index (χ2v) is 4.48. The van der Waals surface area contributed by atoms with Gasteiger partial charge >= 0.3 is 0 Å². The lowest BCUT2D eigenvalue weighted by molar-refractivity contribution is 0.257. The highest BCUT2D eigenvalue weighted by Crippen LogP contribution is 2.22. The van der Waals surface area contributed by atoms with Gasteiger partial charge in [0.2, 0.25) is 0 Å². The molecule has 0 aliphatic carbocycles. The van der Waals surface area contributed by atoms with Gasteiger partial charge < -0.3 is 9.84 Å². The Bertz CT molecular complexity index is 546. The fourth-order valence-corrected chi connectivity index (χ4v) is 1.91. The van der Waals surface area contributed by atoms with E-state index >= 15 is 0 Å². The fraction of sp³-hybridized carbons (Fsp3) is 0.154. The third-order valence-corrected chi connectivity index (χ3v) is 2.93. The molecule has 18 heavy (non-hydrogen) atoms. The van der Waals surface area contributed by atoms with E-state index in [2.05, 4.69) is 4.98 Å². The minimum Gasteiger partial charge on any atom is -0.487 e. The Labute approximate surface area is 115 Å². The Kier molecular flexibility index (Phi) is 4.42. The first-order valence-corrected chi connectivity index (χ1v) is 6.08. The maximum Gasteiger partial charge on any atom is 0.132 e. The molecule has 0 spiro atoms. The molecule has 0 atom stereocenters. The number of pyridine rings is 1. The quantitative estimate of drug-likeness (QED) is 0.934. The molecule has 2 aromatic rings. The van der Waals surface area contributed by atoms with Crippen molar-refractivity contribution < 1.29 is 9.84 Å². The van der Waals surface area contributed by atoms with Crippen LogP contribution in [0.15, 0.2) is 36.5 Å². The third kappa shape index (κ3) is 3.13. The molecule has 3 nitrogen and oxygen atoms in total. The van der Waals surface area contributed by atoms with Crippen LogP contribution in [-0.2, 0) is 13.2 Å². The van der Waals surface area contributed by atoms with E-state index in [0.29, 0.717) is 21.5 Å². The molecule has 1 aromatic heterocycles. The van der Waals surface area contributed by atoms with Crippen LogP contribution in [0.3, 0.4) is 0 Å². The molecular weight excluding hydrogens is 273 g/mol. The molecule has 0 fully saturated rings. The van der Waals surface area contributed by atoms with Gasteiger partial charge in [-0.15, -0.1) is 0 Å². The first-order chi connectivity index (χ1) is 8.70. The molecule has 94 valence electrons. The van der Waals surface area contributed by atoms with Crippen LogP contribution in [0.1, 0.15) is 11.3 Å². The average molecular weight is 284 g/mol. The smallest absolute Gasteiger partial charge is 0.132 e. The number of hydrogen-bond acceptors (Lipinski definition) is 3. The number of para-hydroxylation sites is 1. The van der Waals surface area contributed by atoms with E-state index in [1.54, 1.807) is 18.2 Å². The van der Waals surface area contributed by atoms with Crippen molar-refractivity contribution >= 4 is 23.2 Å². The second-order valence-electron chi connectivity index (χ2n) is 3.64. The SMILES string of the molecule is OCc1ccccc1OCc1ncc(Cl)cc1Cl. The molecule has 0 aliphatic heterocycles. The predicted molar refractivity (Wildman–Crippen MR) is 71.0 cm³/mol. The van der Waals surface area contributed by atoms with Crippen molar-refractivity contribution in [2.75, 3.05) is 0 Å². The molecule has 0 amide bonds. The summed E-state index contributed by atoms with van der Waals surface area (Å²) in [7, 11) is 0. The molecule has 1 N–H and O–H groups in total. The standard InChI is InChI=1S/C13H11Cl2NO2/c14-10-5-11(15)12(16-6-10)8-18-13-4-2-1-3-9(13)7-17/h1-6,17H,7-8H2. The van der Waals surface area contributed by atoms with Gasteiger partial charge in [0.1, 0.15) is 12.4 Å². The lowest BCUT2D eigenvalue weighted by atomic mass is 10.2. The van der Waals surface area contributed by atoms with Crippen LogP contribution in [0.4, 0.5) is 0 Å². The van der Waals surface area contributed by atoms with Gasteiger partial charge in [-0.1, -0.05) is 41.4 Å². The van der Waals surface area contributed by atoms with Crippen molar-refractivity contribution in [1.82, 2.24) is 4.98 Å². The lowest BCUT2D eigenvalue weighted by Gasteiger charge is -2.10. The third-order valence-electron chi connectivity index (χ3n) is 2.39. The highest BCUT2D eigenvalue weighted by Gasteiger charge is 2.06. The highest BCUT2D eigenvalue weighted by molar-refractivity contribution is 6.34. The minimum atomic E-state index is -0.0715. The Morgan fingerprint density at radius 2 is 2.00 bits per heavy atom. The monoisotopic (exact) mass is 283 g/mol. The zero-order valence-electron chi connectivity index (χ0n) is 9.44. The minimum absolute atomic E-state index is 0.0715. The number of hydrogen-bond donors (Lipinski definition) is 1. The van der Waals surface area contributed by atoms with E-state index in [-0.39, 0.29) is 13.2 Å². The molecule has 5 heteroatoms. The number of benzene rings is 1. The molecule has 0 saturated carbocycles. The first-order valence-electron chi connectivity index (χ1n) is 5.32. The van der Waals surface area contributed by atoms with Crippen molar-refractivity contribution in [1.29, 1.82) is 0 Å². The molecule has 1 aromatic carbocycles. The summed E-state index contributed by atoms with van der Waals surface area (Å²) in [5, 5.41) is 10.1. The highest BCUT2D eigenvalue weighted by atomic mass is 35.5. The van der Waals surface area contributed by atoms with Gasteiger partial charge in [0.15, 0.2) is 0 Å². The van der Waals surface area contributed by atoms with E-state index in [9.17, 15) is 0 Å². The summed E-state index contributed by atoms with van der Waals surface area (Å²) in [4.78, 5) is 4.10. The predicted octanol–water partition coefficient (Wildman–Crippen LogP) is 3.46. The van der Waals surface area contributed by atoms with Crippen LogP contribution >= 0.6 is 23.2 Å². The van der Waals surface area contributed by atoms with Gasteiger partial charge in [-0.2, -0.15) is 0 Å². The average Bonchev–Trinajstić information content (AvgIpc) is 2.38. The van der Waals surface area contributed by atoms with E-state index in [0.717, 1.165) is 5.56 Å². The Balaban J connectivity index is 2.11. The number of aliphatic hydroxyl groups excluding tert-OH is 1. The van der Waals surface area contributed by atoms with Crippen LogP contribution in [0.5, 0.6) is 5.75 Å². The summed E-state index contributed by atoms with van der Waals surface area (Å²) in [5.74, 6) is 0.618. The van der Waals surface area contributed by atoms with Gasteiger partial charge in [-0.05, 0) is 12.1 Å². The Hall–Kier alpha value is -1.29. The summed E-state index contributed by atoms with van der Waals surface area (Å²) >= 11 is 11.8. The molecule has 2 rings (SSSR count). The zero-order valence-corrected chi connectivity index (χ0v) is 10.9.